The molecule has 1 spiro atoms. The molecule has 5 heterocycles. The van der Waals surface area contributed by atoms with Gasteiger partial charge in [-0.3, -0.25) is 19.2 Å². The van der Waals surface area contributed by atoms with E-state index in [0.29, 0.717) is 41.9 Å². The maximum absolute atomic E-state index is 13.1. The summed E-state index contributed by atoms with van der Waals surface area (Å²) in [5.74, 6) is 0.0104. The third-order valence-corrected chi connectivity index (χ3v) is 17.9. The molecule has 0 amide bonds. The molecular formula is C53H72O16. The van der Waals surface area contributed by atoms with Crippen molar-refractivity contribution >= 4 is 23.9 Å². The zero-order chi connectivity index (χ0) is 48.6. The second-order valence-corrected chi connectivity index (χ2v) is 22.2. The zero-order valence-electron chi connectivity index (χ0n) is 41.4. The number of fused-ring (bicyclic) bond motifs is 8. The normalized spacial score (nSPS) is 46.7. The third-order valence-electron chi connectivity index (χ3n) is 17.9. The van der Waals surface area contributed by atoms with E-state index in [1.54, 1.807) is 0 Å². The van der Waals surface area contributed by atoms with Crippen LogP contribution in [0, 0.1) is 46.3 Å². The molecule has 10 rings (SSSR count). The molecule has 380 valence electrons. The molecule has 0 bridgehead atoms. The smallest absolute Gasteiger partial charge is 0.303 e. The quantitative estimate of drug-likeness (QED) is 0.140. The lowest BCUT2D eigenvalue weighted by Crippen LogP contribution is -2.66. The van der Waals surface area contributed by atoms with Crippen molar-refractivity contribution in [2.45, 2.75) is 193 Å². The lowest BCUT2D eigenvalue weighted by Gasteiger charge is -2.59. The molecule has 0 aromatic heterocycles. The van der Waals surface area contributed by atoms with E-state index < -0.39 is 91.3 Å². The molecule has 0 N–H and O–H groups in total. The number of rotatable bonds is 9. The van der Waals surface area contributed by atoms with Gasteiger partial charge >= 0.3 is 23.9 Å². The third kappa shape index (κ3) is 9.09. The molecule has 21 atom stereocenters. The van der Waals surface area contributed by atoms with Crippen molar-refractivity contribution in [3.63, 3.8) is 0 Å². The van der Waals surface area contributed by atoms with Gasteiger partial charge in [0.2, 0.25) is 0 Å². The van der Waals surface area contributed by atoms with Gasteiger partial charge in [0.1, 0.15) is 12.2 Å². The van der Waals surface area contributed by atoms with Crippen LogP contribution in [-0.4, -0.2) is 117 Å². The minimum atomic E-state index is -1.43. The minimum absolute atomic E-state index is 0.00170. The highest BCUT2D eigenvalue weighted by atomic mass is 16.8. The number of carbonyl (C=O) groups is 4. The number of hydrogen-bond donors (Lipinski definition) is 0. The average molecular weight is 965 g/mol. The van der Waals surface area contributed by atoms with E-state index >= 15 is 0 Å². The number of carbonyl (C=O) groups excluding carboxylic acids is 4. The van der Waals surface area contributed by atoms with Crippen molar-refractivity contribution in [1.82, 2.24) is 0 Å². The summed E-state index contributed by atoms with van der Waals surface area (Å²) in [6, 6.07) is 9.40. The van der Waals surface area contributed by atoms with Crippen LogP contribution < -0.4 is 0 Å². The van der Waals surface area contributed by atoms with E-state index in [4.69, 9.17) is 56.8 Å². The fourth-order valence-corrected chi connectivity index (χ4v) is 14.8. The predicted molar refractivity (Wildman–Crippen MR) is 242 cm³/mol. The lowest BCUT2D eigenvalue weighted by atomic mass is 9.47. The molecule has 1 aromatic rings. The lowest BCUT2D eigenvalue weighted by molar-refractivity contribution is -0.392. The molecule has 3 saturated carbocycles. The van der Waals surface area contributed by atoms with Gasteiger partial charge in [0.25, 0.3) is 0 Å². The summed E-state index contributed by atoms with van der Waals surface area (Å²) in [5, 5.41) is 0. The van der Waals surface area contributed by atoms with Gasteiger partial charge in [-0.2, -0.15) is 0 Å². The Morgan fingerprint density at radius 1 is 0.681 bits per heavy atom. The maximum Gasteiger partial charge on any atom is 0.303 e. The van der Waals surface area contributed by atoms with Crippen molar-refractivity contribution in [2.24, 2.45) is 46.3 Å². The Morgan fingerprint density at radius 3 is 2.12 bits per heavy atom. The molecular weight excluding hydrogens is 893 g/mol. The molecule has 9 aliphatic rings. The van der Waals surface area contributed by atoms with Gasteiger partial charge in [0, 0.05) is 45.6 Å². The van der Waals surface area contributed by atoms with Gasteiger partial charge in [-0.1, -0.05) is 69.7 Å². The first-order chi connectivity index (χ1) is 33.0. The van der Waals surface area contributed by atoms with Gasteiger partial charge < -0.3 is 56.8 Å². The number of benzene rings is 1. The summed E-state index contributed by atoms with van der Waals surface area (Å²) in [6.07, 6.45) is 0.176. The molecule has 69 heavy (non-hydrogen) atoms. The molecule has 4 aliphatic carbocycles. The first kappa shape index (κ1) is 49.1. The van der Waals surface area contributed by atoms with E-state index in [1.165, 1.54) is 46.1 Å². The van der Waals surface area contributed by atoms with Crippen molar-refractivity contribution in [1.29, 1.82) is 0 Å². The van der Waals surface area contributed by atoms with Crippen molar-refractivity contribution < 1.29 is 76.0 Å². The highest BCUT2D eigenvalue weighted by molar-refractivity contribution is 5.68. The number of esters is 4. The fraction of sp³-hybridized carbons (Fsp3) is 0.774. The second-order valence-electron chi connectivity index (χ2n) is 22.2. The van der Waals surface area contributed by atoms with E-state index in [-0.39, 0.29) is 36.3 Å². The second kappa shape index (κ2) is 19.2. The first-order valence-electron chi connectivity index (χ1n) is 25.6. The van der Waals surface area contributed by atoms with Crippen molar-refractivity contribution in [3.8, 4) is 0 Å². The average Bonchev–Trinajstić information content (AvgIpc) is 3.75. The van der Waals surface area contributed by atoms with Crippen LogP contribution in [0.25, 0.3) is 0 Å². The Bertz CT molecular complexity index is 2110. The molecule has 16 heteroatoms. The standard InChI is InChI=1S/C53H72O16/c1-27-16-21-53(60-24-27)28(2)42-39(69-53)23-38-36-15-14-34-22-35(17-19-51(34,7)37(36)18-20-52(38,42)8)65-50-47(68-49-46(64-32(6)57)44(62-30(4)55)40(25-59-49)61-29(3)54)45(63-31(5)56)43-41(66-50)26-58-48(67-43)33-12-10-9-11-13-33/h9-14,27-28,35-50H,15-26H2,1-8H3/t27-,28+,35+,36-,37+,38+,39+,40-,41-,42+,43+,44+,45+,46-,47-,48-,49+,50-,51+,52+,53-/m1/s1. The Labute approximate surface area is 405 Å². The molecule has 5 aliphatic heterocycles. The topological polar surface area (TPSA) is 179 Å². The van der Waals surface area contributed by atoms with E-state index in [1.807, 2.05) is 30.3 Å². The largest absolute Gasteiger partial charge is 0.457 e. The minimum Gasteiger partial charge on any atom is -0.457 e. The summed E-state index contributed by atoms with van der Waals surface area (Å²) < 4.78 is 76.2. The Morgan fingerprint density at radius 2 is 1.41 bits per heavy atom. The Hall–Kier alpha value is -3.48. The van der Waals surface area contributed by atoms with Crippen molar-refractivity contribution in [2.75, 3.05) is 19.8 Å². The summed E-state index contributed by atoms with van der Waals surface area (Å²) in [5.41, 5.74) is 2.36. The van der Waals surface area contributed by atoms with Crippen LogP contribution >= 0.6 is 0 Å². The summed E-state index contributed by atoms with van der Waals surface area (Å²) in [4.78, 5) is 50.4. The van der Waals surface area contributed by atoms with Crippen LogP contribution in [0.1, 0.15) is 125 Å². The molecule has 5 saturated heterocycles. The number of hydrogen-bond acceptors (Lipinski definition) is 16. The number of ether oxygens (including phenoxy) is 12. The maximum atomic E-state index is 13.1. The van der Waals surface area contributed by atoms with E-state index in [9.17, 15) is 19.2 Å². The Balaban J connectivity index is 0.907. The summed E-state index contributed by atoms with van der Waals surface area (Å²) in [6.45, 7) is 15.2. The molecule has 0 unspecified atom stereocenters. The van der Waals surface area contributed by atoms with Gasteiger partial charge in [-0.25, -0.2) is 0 Å². The molecule has 1 aromatic carbocycles. The SMILES string of the molecule is CC(=O)O[C@H]1[C@H]2O[C@H](c3ccccc3)OC[C@H]2O[C@@H](O[C@H]2CC[C@@]3(C)C(=CC[C@H]4[C@@H]5C[C@@H]6O[C@]7(CC[C@@H](C)CO7)[C@@H](C)[C@@H]6[C@@]5(C)CC[C@@H]43)C2)[C@@H]1O[C@@H]1OC[C@@H](OC(C)=O)[C@H](OC(C)=O)[C@H]1OC(C)=O. The van der Waals surface area contributed by atoms with E-state index in [0.717, 1.165) is 50.7 Å². The van der Waals surface area contributed by atoms with Crippen molar-refractivity contribution in [3.05, 3.63) is 47.5 Å². The molecule has 0 radical (unpaired) electrons. The summed E-state index contributed by atoms with van der Waals surface area (Å²) in [7, 11) is 0. The highest BCUT2D eigenvalue weighted by Crippen LogP contribution is 2.70. The van der Waals surface area contributed by atoms with Crippen LogP contribution in [0.4, 0.5) is 0 Å². The van der Waals surface area contributed by atoms with Gasteiger partial charge in [-0.15, -0.1) is 0 Å². The molecule has 8 fully saturated rings. The summed E-state index contributed by atoms with van der Waals surface area (Å²) >= 11 is 0. The van der Waals surface area contributed by atoms with Gasteiger partial charge in [-0.05, 0) is 91.8 Å². The van der Waals surface area contributed by atoms with E-state index in [2.05, 4.69) is 33.8 Å². The monoisotopic (exact) mass is 964 g/mol. The van der Waals surface area contributed by atoms with Gasteiger partial charge in [0.05, 0.1) is 32.0 Å². The Kier molecular flexibility index (Phi) is 13.6. The van der Waals surface area contributed by atoms with Crippen LogP contribution in [-0.2, 0) is 76.0 Å². The van der Waals surface area contributed by atoms with Crippen LogP contribution in [0.5, 0.6) is 0 Å². The highest BCUT2D eigenvalue weighted by Gasteiger charge is 2.69. The molecule has 16 nitrogen and oxygen atoms in total. The van der Waals surface area contributed by atoms with Crippen LogP contribution in [0.2, 0.25) is 0 Å². The van der Waals surface area contributed by atoms with Crippen LogP contribution in [0.3, 0.4) is 0 Å². The van der Waals surface area contributed by atoms with Gasteiger partial charge in [0.15, 0.2) is 55.2 Å². The first-order valence-corrected chi connectivity index (χ1v) is 25.6. The fourth-order valence-electron chi connectivity index (χ4n) is 14.8. The zero-order valence-corrected chi connectivity index (χ0v) is 41.4. The van der Waals surface area contributed by atoms with Crippen LogP contribution in [0.15, 0.2) is 42.0 Å². The number of allylic oxidation sites excluding steroid dienone is 1. The predicted octanol–water partition coefficient (Wildman–Crippen LogP) is 7.05.